The summed E-state index contributed by atoms with van der Waals surface area (Å²) >= 11 is 0. The van der Waals surface area contributed by atoms with Gasteiger partial charge >= 0.3 is 0 Å². The Bertz CT molecular complexity index is 1130. The third-order valence-electron chi connectivity index (χ3n) is 5.93. The molecular weight excluding hydrogens is 368 g/mol. The van der Waals surface area contributed by atoms with E-state index in [1.807, 2.05) is 30.3 Å². The maximum atomic E-state index is 12.9. The fourth-order valence-electron chi connectivity index (χ4n) is 4.13. The number of nitrogens with zero attached hydrogens (tertiary/aromatic N) is 3. The van der Waals surface area contributed by atoms with Crippen molar-refractivity contribution in [3.05, 3.63) is 70.0 Å². The number of H-pyrrole nitrogens is 1. The van der Waals surface area contributed by atoms with Gasteiger partial charge in [0.1, 0.15) is 11.4 Å². The van der Waals surface area contributed by atoms with E-state index in [1.165, 1.54) is 6.20 Å². The number of fused-ring (bicyclic) bond motifs is 1. The SMILES string of the molecule is O=C(c1cnc(C2CC2)[nH]c1=O)N1C[C@@H](Cc2ccnc3ccccc23)[C@H](O)C1. The zero-order chi connectivity index (χ0) is 20.0. The summed E-state index contributed by atoms with van der Waals surface area (Å²) < 4.78 is 0. The molecule has 2 N–H and O–H groups in total. The van der Waals surface area contributed by atoms with Gasteiger partial charge in [-0.2, -0.15) is 0 Å². The first-order valence-corrected chi connectivity index (χ1v) is 9.99. The fraction of sp³-hybridized carbons (Fsp3) is 0.364. The molecule has 1 aliphatic heterocycles. The molecule has 1 saturated heterocycles. The lowest BCUT2D eigenvalue weighted by atomic mass is 9.94. The Hall–Kier alpha value is -3.06. The van der Waals surface area contributed by atoms with Crippen molar-refractivity contribution >= 4 is 16.8 Å². The minimum Gasteiger partial charge on any atom is -0.391 e. The third-order valence-corrected chi connectivity index (χ3v) is 5.93. The summed E-state index contributed by atoms with van der Waals surface area (Å²) in [4.78, 5) is 38.2. The van der Waals surface area contributed by atoms with Gasteiger partial charge in [0, 0.05) is 42.7 Å². The second-order valence-electron chi connectivity index (χ2n) is 8.01. The van der Waals surface area contributed by atoms with Crippen molar-refractivity contribution in [2.45, 2.75) is 31.3 Å². The number of hydrogen-bond acceptors (Lipinski definition) is 5. The van der Waals surface area contributed by atoms with E-state index in [-0.39, 0.29) is 23.9 Å². The molecule has 0 spiro atoms. The van der Waals surface area contributed by atoms with Crippen molar-refractivity contribution in [2.24, 2.45) is 5.92 Å². The molecule has 2 atom stereocenters. The molecule has 3 aromatic rings. The molecule has 2 fully saturated rings. The van der Waals surface area contributed by atoms with Crippen LogP contribution in [0.1, 0.15) is 40.5 Å². The van der Waals surface area contributed by atoms with Gasteiger partial charge in [-0.1, -0.05) is 18.2 Å². The number of likely N-dealkylation sites (tertiary alicyclic amines) is 1. The largest absolute Gasteiger partial charge is 0.391 e. The number of aromatic nitrogens is 3. The Morgan fingerprint density at radius 2 is 2.00 bits per heavy atom. The van der Waals surface area contributed by atoms with E-state index in [1.54, 1.807) is 11.1 Å². The second-order valence-corrected chi connectivity index (χ2v) is 8.01. The number of nitrogens with one attached hydrogen (secondary N) is 1. The molecule has 1 aliphatic carbocycles. The van der Waals surface area contributed by atoms with Crippen LogP contribution in [0.4, 0.5) is 0 Å². The minimum atomic E-state index is -0.636. The van der Waals surface area contributed by atoms with Crippen LogP contribution < -0.4 is 5.56 Å². The van der Waals surface area contributed by atoms with Crippen LogP contribution in [-0.2, 0) is 6.42 Å². The van der Waals surface area contributed by atoms with Crippen LogP contribution in [0.15, 0.2) is 47.5 Å². The van der Waals surface area contributed by atoms with E-state index in [0.717, 1.165) is 29.3 Å². The lowest BCUT2D eigenvalue weighted by molar-refractivity contribution is 0.0762. The zero-order valence-corrected chi connectivity index (χ0v) is 15.9. The molecule has 1 amide bonds. The molecule has 2 aromatic heterocycles. The van der Waals surface area contributed by atoms with Crippen LogP contribution in [0, 0.1) is 5.92 Å². The maximum absolute atomic E-state index is 12.9. The third kappa shape index (κ3) is 3.42. The molecule has 0 bridgehead atoms. The van der Waals surface area contributed by atoms with Gasteiger partial charge in [0.2, 0.25) is 0 Å². The number of pyridine rings is 1. The monoisotopic (exact) mass is 390 g/mol. The van der Waals surface area contributed by atoms with Crippen LogP contribution in [0.5, 0.6) is 0 Å². The lowest BCUT2D eigenvalue weighted by Gasteiger charge is -2.16. The summed E-state index contributed by atoms with van der Waals surface area (Å²) in [6, 6.07) is 9.87. The first kappa shape index (κ1) is 18.0. The summed E-state index contributed by atoms with van der Waals surface area (Å²) in [7, 11) is 0. The predicted molar refractivity (Wildman–Crippen MR) is 108 cm³/mol. The molecule has 29 heavy (non-hydrogen) atoms. The topological polar surface area (TPSA) is 99.2 Å². The Labute approximate surface area is 167 Å². The van der Waals surface area contributed by atoms with E-state index >= 15 is 0 Å². The van der Waals surface area contributed by atoms with Gasteiger partial charge in [0.05, 0.1) is 11.6 Å². The van der Waals surface area contributed by atoms with Crippen molar-refractivity contribution in [1.29, 1.82) is 0 Å². The first-order chi connectivity index (χ1) is 14.1. The average molecular weight is 390 g/mol. The first-order valence-electron chi connectivity index (χ1n) is 9.99. The highest BCUT2D eigenvalue weighted by molar-refractivity contribution is 5.93. The summed E-state index contributed by atoms with van der Waals surface area (Å²) in [5.41, 5.74) is 1.66. The zero-order valence-electron chi connectivity index (χ0n) is 15.9. The molecule has 148 valence electrons. The van der Waals surface area contributed by atoms with Crippen molar-refractivity contribution < 1.29 is 9.90 Å². The summed E-state index contributed by atoms with van der Waals surface area (Å²) in [6.45, 7) is 0.622. The van der Waals surface area contributed by atoms with Crippen molar-refractivity contribution in [3.8, 4) is 0 Å². The van der Waals surface area contributed by atoms with Crippen molar-refractivity contribution in [3.63, 3.8) is 0 Å². The van der Waals surface area contributed by atoms with E-state index in [0.29, 0.717) is 24.7 Å². The number of benzene rings is 1. The normalized spacial score (nSPS) is 21.6. The highest BCUT2D eigenvalue weighted by atomic mass is 16.3. The van der Waals surface area contributed by atoms with Gasteiger partial charge in [-0.15, -0.1) is 0 Å². The quantitative estimate of drug-likeness (QED) is 0.709. The van der Waals surface area contributed by atoms with Gasteiger partial charge in [-0.25, -0.2) is 4.98 Å². The smallest absolute Gasteiger partial charge is 0.263 e. The van der Waals surface area contributed by atoms with Gasteiger partial charge in [-0.05, 0) is 37.0 Å². The van der Waals surface area contributed by atoms with E-state index in [4.69, 9.17) is 0 Å². The second kappa shape index (κ2) is 7.08. The van der Waals surface area contributed by atoms with Crippen LogP contribution in [0.25, 0.3) is 10.9 Å². The number of aliphatic hydroxyl groups excluding tert-OH is 1. The molecule has 0 radical (unpaired) electrons. The van der Waals surface area contributed by atoms with Gasteiger partial charge < -0.3 is 15.0 Å². The molecule has 7 nitrogen and oxygen atoms in total. The van der Waals surface area contributed by atoms with Crippen LogP contribution in [0.3, 0.4) is 0 Å². The molecular formula is C22H22N4O3. The highest BCUT2D eigenvalue weighted by Crippen LogP contribution is 2.37. The maximum Gasteiger partial charge on any atom is 0.263 e. The number of β-amino-alcohol motifs (C(OH)–C–C–N with tert-alkyl or cyclic N) is 1. The molecule has 2 aliphatic rings. The van der Waals surface area contributed by atoms with E-state index in [9.17, 15) is 14.7 Å². The number of carbonyl (C=O) groups is 1. The molecule has 7 heteroatoms. The van der Waals surface area contributed by atoms with Crippen molar-refractivity contribution in [2.75, 3.05) is 13.1 Å². The van der Waals surface area contributed by atoms with E-state index < -0.39 is 11.7 Å². The number of aromatic amines is 1. The van der Waals surface area contributed by atoms with E-state index in [2.05, 4.69) is 15.0 Å². The van der Waals surface area contributed by atoms with Gasteiger partial charge in [0.25, 0.3) is 11.5 Å². The number of carbonyl (C=O) groups excluding carboxylic acids is 1. The Morgan fingerprint density at radius 1 is 1.17 bits per heavy atom. The van der Waals surface area contributed by atoms with Crippen molar-refractivity contribution in [1.82, 2.24) is 19.9 Å². The fourth-order valence-corrected chi connectivity index (χ4v) is 4.13. The number of para-hydroxylation sites is 1. The lowest BCUT2D eigenvalue weighted by Crippen LogP contribution is -2.34. The number of hydrogen-bond donors (Lipinski definition) is 2. The summed E-state index contributed by atoms with van der Waals surface area (Å²) in [6.07, 6.45) is 5.21. The minimum absolute atomic E-state index is 0.0385. The summed E-state index contributed by atoms with van der Waals surface area (Å²) in [5.74, 6) is 0.514. The molecule has 5 rings (SSSR count). The molecule has 3 heterocycles. The number of rotatable bonds is 4. The standard InChI is InChI=1S/C22H22N4O3/c27-19-12-26(22(29)17-10-24-20(13-5-6-13)25-21(17)28)11-15(19)9-14-7-8-23-18-4-2-1-3-16(14)18/h1-4,7-8,10,13,15,19,27H,5-6,9,11-12H2,(H,24,25,28)/t15-,19-/m1/s1. The van der Waals surface area contributed by atoms with Crippen LogP contribution in [-0.4, -0.2) is 50.1 Å². The number of aliphatic hydroxyl groups is 1. The van der Waals surface area contributed by atoms with Crippen LogP contribution in [0.2, 0.25) is 0 Å². The average Bonchev–Trinajstić information content (AvgIpc) is 3.52. The van der Waals surface area contributed by atoms with Crippen LogP contribution >= 0.6 is 0 Å². The molecule has 1 aromatic carbocycles. The van der Waals surface area contributed by atoms with Gasteiger partial charge in [-0.3, -0.25) is 14.6 Å². The van der Waals surface area contributed by atoms with Gasteiger partial charge in [0.15, 0.2) is 0 Å². The predicted octanol–water partition coefficient (Wildman–Crippen LogP) is 1.87. The Balaban J connectivity index is 1.34. The Kier molecular flexibility index (Phi) is 4.39. The molecule has 0 unspecified atom stereocenters. The summed E-state index contributed by atoms with van der Waals surface area (Å²) in [5, 5.41) is 11.6. The molecule has 1 saturated carbocycles. The highest BCUT2D eigenvalue weighted by Gasteiger charge is 2.36. The number of amides is 1. The Morgan fingerprint density at radius 3 is 2.79 bits per heavy atom.